The van der Waals surface area contributed by atoms with Crippen LogP contribution in [0.15, 0.2) is 46.6 Å². The van der Waals surface area contributed by atoms with E-state index in [0.29, 0.717) is 16.4 Å². The Balaban J connectivity index is 1.94. The minimum absolute atomic E-state index is 0.106. The lowest BCUT2D eigenvalue weighted by Gasteiger charge is -2.08. The highest BCUT2D eigenvalue weighted by atomic mass is 32.2. The fourth-order valence-electron chi connectivity index (χ4n) is 2.34. The number of hydrogen-bond acceptors (Lipinski definition) is 5. The number of benzene rings is 1. The first kappa shape index (κ1) is 15.8. The molecule has 0 spiro atoms. The number of nitrogens with one attached hydrogen (secondary N) is 1. The quantitative estimate of drug-likeness (QED) is 0.777. The summed E-state index contributed by atoms with van der Waals surface area (Å²) < 4.78 is 36.0. The van der Waals surface area contributed by atoms with Crippen molar-refractivity contribution in [3.63, 3.8) is 0 Å². The number of imidazole rings is 1. The molecule has 0 unspecified atom stereocenters. The number of hydrogen-bond donors (Lipinski definition) is 1. The molecular formula is C15H15N3O3S2. The Hall–Kier alpha value is -2.06. The normalized spacial score (nSPS) is 13.3. The van der Waals surface area contributed by atoms with Crippen molar-refractivity contribution in [2.45, 2.75) is 22.7 Å². The molecule has 1 N–H and O–H groups in total. The van der Waals surface area contributed by atoms with Crippen molar-refractivity contribution < 1.29 is 12.6 Å². The van der Waals surface area contributed by atoms with Gasteiger partial charge in [0.1, 0.15) is 0 Å². The van der Waals surface area contributed by atoms with Crippen LogP contribution in [-0.4, -0.2) is 33.8 Å². The minimum atomic E-state index is -3.34. The lowest BCUT2D eigenvalue weighted by molar-refractivity contribution is 0.601. The van der Waals surface area contributed by atoms with Crippen LogP contribution in [0, 0.1) is 6.92 Å². The molecule has 3 rings (SSSR count). The van der Waals surface area contributed by atoms with Gasteiger partial charge in [-0.15, -0.1) is 0 Å². The van der Waals surface area contributed by atoms with Gasteiger partial charge in [-0.05, 0) is 30.7 Å². The highest BCUT2D eigenvalue weighted by Crippen LogP contribution is 2.20. The fourth-order valence-corrected chi connectivity index (χ4v) is 4.42. The summed E-state index contributed by atoms with van der Waals surface area (Å²) in [6.07, 6.45) is 2.57. The zero-order chi connectivity index (χ0) is 16.6. The van der Waals surface area contributed by atoms with Gasteiger partial charge in [0, 0.05) is 12.5 Å². The van der Waals surface area contributed by atoms with Crippen LogP contribution in [0.4, 0.5) is 0 Å². The third-order valence-electron chi connectivity index (χ3n) is 3.51. The zero-order valence-electron chi connectivity index (χ0n) is 12.6. The zero-order valence-corrected chi connectivity index (χ0v) is 14.2. The molecule has 0 fully saturated rings. The minimum Gasteiger partial charge on any atom is -0.331 e. The lowest BCUT2D eigenvalue weighted by atomic mass is 10.2. The van der Waals surface area contributed by atoms with Crippen molar-refractivity contribution in [3.05, 3.63) is 47.8 Å². The summed E-state index contributed by atoms with van der Waals surface area (Å²) in [6.45, 7) is 1.68. The van der Waals surface area contributed by atoms with Gasteiger partial charge in [-0.3, -0.25) is 9.19 Å². The van der Waals surface area contributed by atoms with E-state index in [1.54, 1.807) is 6.92 Å². The Morgan fingerprint density at radius 2 is 1.96 bits per heavy atom. The molecule has 0 aliphatic heterocycles. The van der Waals surface area contributed by atoms with E-state index < -0.39 is 20.6 Å². The van der Waals surface area contributed by atoms with Crippen molar-refractivity contribution in [3.8, 4) is 0 Å². The summed E-state index contributed by atoms with van der Waals surface area (Å²) in [7, 11) is -4.78. The monoisotopic (exact) mass is 349 g/mol. The summed E-state index contributed by atoms with van der Waals surface area (Å²) in [4.78, 5) is 11.7. The average Bonchev–Trinajstić information content (AvgIpc) is 2.92. The number of pyridine rings is 1. The average molecular weight is 349 g/mol. The molecule has 1 atom stereocenters. The molecule has 3 aromatic rings. The fraction of sp³-hybridized carbons (Fsp3) is 0.200. The Morgan fingerprint density at radius 1 is 1.22 bits per heavy atom. The van der Waals surface area contributed by atoms with E-state index in [-0.39, 0.29) is 10.6 Å². The molecule has 0 saturated carbocycles. The van der Waals surface area contributed by atoms with E-state index in [9.17, 15) is 12.6 Å². The SMILES string of the molecule is Cc1c(S(C)(=O)=O)ccnc1C[S@@](=O)c1nc2ccccc2[nH]1. The predicted molar refractivity (Wildman–Crippen MR) is 88.3 cm³/mol. The van der Waals surface area contributed by atoms with Crippen LogP contribution in [0.1, 0.15) is 11.3 Å². The van der Waals surface area contributed by atoms with Crippen LogP contribution < -0.4 is 0 Å². The first-order valence-corrected chi connectivity index (χ1v) is 10.0. The first-order valence-electron chi connectivity index (χ1n) is 6.84. The third-order valence-corrected chi connectivity index (χ3v) is 5.91. The van der Waals surface area contributed by atoms with Gasteiger partial charge < -0.3 is 4.98 Å². The Bertz CT molecular complexity index is 977. The van der Waals surface area contributed by atoms with E-state index in [2.05, 4.69) is 15.0 Å². The maximum Gasteiger partial charge on any atom is 0.197 e. The summed E-state index contributed by atoms with van der Waals surface area (Å²) in [5.74, 6) is 0.106. The number of H-pyrrole nitrogens is 1. The second-order valence-corrected chi connectivity index (χ2v) is 8.55. The molecular weight excluding hydrogens is 334 g/mol. The van der Waals surface area contributed by atoms with Crippen LogP contribution in [0.2, 0.25) is 0 Å². The van der Waals surface area contributed by atoms with Crippen molar-refractivity contribution in [1.82, 2.24) is 15.0 Å². The number of fused-ring (bicyclic) bond motifs is 1. The van der Waals surface area contributed by atoms with Gasteiger partial charge in [-0.1, -0.05) is 12.1 Å². The molecule has 1 aromatic carbocycles. The molecule has 0 aliphatic rings. The smallest absolute Gasteiger partial charge is 0.197 e. The van der Waals surface area contributed by atoms with Crippen molar-refractivity contribution in [2.24, 2.45) is 0 Å². The molecule has 6 nitrogen and oxygen atoms in total. The van der Waals surface area contributed by atoms with Gasteiger partial charge in [0.25, 0.3) is 0 Å². The van der Waals surface area contributed by atoms with E-state index in [1.165, 1.54) is 12.3 Å². The molecule has 0 amide bonds. The Labute approximate surface area is 136 Å². The maximum absolute atomic E-state index is 12.5. The van der Waals surface area contributed by atoms with Gasteiger partial charge in [0.05, 0.1) is 38.2 Å². The number of rotatable bonds is 4. The van der Waals surface area contributed by atoms with Gasteiger partial charge in [-0.2, -0.15) is 0 Å². The first-order chi connectivity index (χ1) is 10.9. The molecule has 2 aromatic heterocycles. The van der Waals surface area contributed by atoms with Crippen molar-refractivity contribution >= 4 is 31.7 Å². The summed E-state index contributed by atoms with van der Waals surface area (Å²) in [5.41, 5.74) is 2.57. The highest BCUT2D eigenvalue weighted by molar-refractivity contribution is 7.90. The second-order valence-electron chi connectivity index (χ2n) is 5.20. The lowest BCUT2D eigenvalue weighted by Crippen LogP contribution is -2.07. The second kappa shape index (κ2) is 5.86. The van der Waals surface area contributed by atoms with E-state index in [0.717, 1.165) is 17.3 Å². The van der Waals surface area contributed by atoms with Crippen LogP contribution in [-0.2, 0) is 26.4 Å². The molecule has 0 radical (unpaired) electrons. The van der Waals surface area contributed by atoms with Crippen LogP contribution in [0.25, 0.3) is 11.0 Å². The molecule has 23 heavy (non-hydrogen) atoms. The van der Waals surface area contributed by atoms with Gasteiger partial charge in [-0.25, -0.2) is 13.4 Å². The molecule has 0 aliphatic carbocycles. The molecule has 0 bridgehead atoms. The van der Waals surface area contributed by atoms with E-state index in [4.69, 9.17) is 0 Å². The largest absolute Gasteiger partial charge is 0.331 e. The number of para-hydroxylation sites is 2. The van der Waals surface area contributed by atoms with Gasteiger partial charge >= 0.3 is 0 Å². The topological polar surface area (TPSA) is 92.8 Å². The third kappa shape index (κ3) is 3.18. The number of aromatic nitrogens is 3. The van der Waals surface area contributed by atoms with Gasteiger partial charge in [0.15, 0.2) is 15.0 Å². The Morgan fingerprint density at radius 3 is 2.65 bits per heavy atom. The summed E-state index contributed by atoms with van der Waals surface area (Å²) in [6, 6.07) is 8.88. The molecule has 2 heterocycles. The van der Waals surface area contributed by atoms with Crippen molar-refractivity contribution in [2.75, 3.05) is 6.26 Å². The summed E-state index contributed by atoms with van der Waals surface area (Å²) >= 11 is 0. The highest BCUT2D eigenvalue weighted by Gasteiger charge is 2.17. The number of sulfone groups is 1. The Kier molecular flexibility index (Phi) is 4.03. The maximum atomic E-state index is 12.5. The summed E-state index contributed by atoms with van der Waals surface area (Å²) in [5, 5.41) is 0.358. The predicted octanol–water partition coefficient (Wildman–Crippen LogP) is 1.98. The van der Waals surface area contributed by atoms with Crippen LogP contribution in [0.5, 0.6) is 0 Å². The standard InChI is InChI=1S/C15H15N3O3S2/c1-10-13(16-8-7-14(10)23(2,20)21)9-22(19)15-17-11-5-3-4-6-12(11)18-15/h3-8H,9H2,1-2H3,(H,17,18)/t22-/m1/s1. The number of aromatic amines is 1. The number of nitrogens with zero attached hydrogens (tertiary/aromatic N) is 2. The van der Waals surface area contributed by atoms with Gasteiger partial charge in [0.2, 0.25) is 0 Å². The van der Waals surface area contributed by atoms with Crippen molar-refractivity contribution in [1.29, 1.82) is 0 Å². The molecule has 120 valence electrons. The molecule has 0 saturated heterocycles. The van der Waals surface area contributed by atoms with Crippen LogP contribution >= 0.6 is 0 Å². The molecule has 8 heteroatoms. The van der Waals surface area contributed by atoms with Crippen LogP contribution in [0.3, 0.4) is 0 Å². The van der Waals surface area contributed by atoms with E-state index in [1.807, 2.05) is 24.3 Å². The van der Waals surface area contributed by atoms with E-state index >= 15 is 0 Å².